The quantitative estimate of drug-likeness (QED) is 0.382. The van der Waals surface area contributed by atoms with Crippen LogP contribution in [0.25, 0.3) is 0 Å². The number of nitrogen functional groups attached to an aromatic ring is 1. The SMILES string of the molecule is CSc1ccc(CNC(=O)c2cc([N+](=O)[O-])ccc2N)cc1. The molecular formula is C15H15N3O3S. The van der Waals surface area contributed by atoms with Gasteiger partial charge in [0.1, 0.15) is 0 Å². The normalized spacial score (nSPS) is 10.2. The van der Waals surface area contributed by atoms with Crippen LogP contribution in [0, 0.1) is 10.1 Å². The van der Waals surface area contributed by atoms with Crippen LogP contribution in [0.3, 0.4) is 0 Å². The lowest BCUT2D eigenvalue weighted by Crippen LogP contribution is -2.23. The summed E-state index contributed by atoms with van der Waals surface area (Å²) in [4.78, 5) is 23.5. The molecule has 2 aromatic rings. The second-order valence-electron chi connectivity index (χ2n) is 4.56. The molecule has 0 aliphatic carbocycles. The highest BCUT2D eigenvalue weighted by Crippen LogP contribution is 2.20. The number of carbonyl (C=O) groups excluding carboxylic acids is 1. The van der Waals surface area contributed by atoms with E-state index in [0.29, 0.717) is 6.54 Å². The Morgan fingerprint density at radius 1 is 1.27 bits per heavy atom. The zero-order valence-electron chi connectivity index (χ0n) is 11.9. The lowest BCUT2D eigenvalue weighted by Gasteiger charge is -2.08. The topological polar surface area (TPSA) is 98.3 Å². The van der Waals surface area contributed by atoms with E-state index in [1.54, 1.807) is 11.8 Å². The Morgan fingerprint density at radius 2 is 1.95 bits per heavy atom. The van der Waals surface area contributed by atoms with Crippen molar-refractivity contribution in [1.29, 1.82) is 0 Å². The number of nitrogens with two attached hydrogens (primary N) is 1. The zero-order valence-corrected chi connectivity index (χ0v) is 12.7. The molecule has 0 unspecified atom stereocenters. The highest BCUT2D eigenvalue weighted by Gasteiger charge is 2.15. The number of hydrogen-bond donors (Lipinski definition) is 2. The summed E-state index contributed by atoms with van der Waals surface area (Å²) in [5.41, 5.74) is 6.80. The van der Waals surface area contributed by atoms with E-state index < -0.39 is 10.8 Å². The summed E-state index contributed by atoms with van der Waals surface area (Å²) in [6, 6.07) is 11.6. The van der Waals surface area contributed by atoms with Gasteiger partial charge in [0.05, 0.1) is 10.5 Å². The average molecular weight is 317 g/mol. The van der Waals surface area contributed by atoms with Crippen LogP contribution >= 0.6 is 11.8 Å². The lowest BCUT2D eigenvalue weighted by molar-refractivity contribution is -0.384. The van der Waals surface area contributed by atoms with Crippen molar-refractivity contribution in [3.8, 4) is 0 Å². The number of amides is 1. The molecule has 6 nitrogen and oxygen atoms in total. The van der Waals surface area contributed by atoms with Gasteiger partial charge >= 0.3 is 0 Å². The molecule has 0 saturated carbocycles. The summed E-state index contributed by atoms with van der Waals surface area (Å²) in [5, 5.41) is 13.5. The maximum Gasteiger partial charge on any atom is 0.270 e. The minimum Gasteiger partial charge on any atom is -0.398 e. The third kappa shape index (κ3) is 3.76. The van der Waals surface area contributed by atoms with Gasteiger partial charge in [-0.1, -0.05) is 12.1 Å². The molecule has 7 heteroatoms. The maximum absolute atomic E-state index is 12.1. The molecule has 0 atom stereocenters. The zero-order chi connectivity index (χ0) is 16.1. The van der Waals surface area contributed by atoms with Gasteiger partial charge in [-0.2, -0.15) is 0 Å². The van der Waals surface area contributed by atoms with E-state index in [2.05, 4.69) is 5.32 Å². The largest absolute Gasteiger partial charge is 0.398 e. The number of benzene rings is 2. The Hall–Kier alpha value is -2.54. The van der Waals surface area contributed by atoms with Gasteiger partial charge in [0.25, 0.3) is 11.6 Å². The van der Waals surface area contributed by atoms with E-state index in [-0.39, 0.29) is 16.9 Å². The fourth-order valence-corrected chi connectivity index (χ4v) is 2.28. The second-order valence-corrected chi connectivity index (χ2v) is 5.44. The van der Waals surface area contributed by atoms with Crippen molar-refractivity contribution >= 4 is 29.0 Å². The number of anilines is 1. The number of hydrogen-bond acceptors (Lipinski definition) is 5. The molecular weight excluding hydrogens is 302 g/mol. The van der Waals surface area contributed by atoms with Crippen molar-refractivity contribution < 1.29 is 9.72 Å². The van der Waals surface area contributed by atoms with Gasteiger partial charge in [0, 0.05) is 29.3 Å². The van der Waals surface area contributed by atoms with Gasteiger partial charge in [-0.25, -0.2) is 0 Å². The molecule has 0 radical (unpaired) electrons. The smallest absolute Gasteiger partial charge is 0.270 e. The van der Waals surface area contributed by atoms with Crippen LogP contribution in [0.1, 0.15) is 15.9 Å². The van der Waals surface area contributed by atoms with Crippen molar-refractivity contribution in [2.75, 3.05) is 12.0 Å². The minimum atomic E-state index is -0.558. The number of nitrogens with zero attached hydrogens (tertiary/aromatic N) is 1. The number of nitro benzene ring substituents is 1. The van der Waals surface area contributed by atoms with E-state index in [9.17, 15) is 14.9 Å². The molecule has 22 heavy (non-hydrogen) atoms. The standard InChI is InChI=1S/C15H15N3O3S/c1-22-12-5-2-10(3-6-12)9-17-15(19)13-8-11(18(20)21)4-7-14(13)16/h2-8H,9,16H2,1H3,(H,17,19). The van der Waals surface area contributed by atoms with E-state index >= 15 is 0 Å². The van der Waals surface area contributed by atoms with Crippen LogP contribution in [-0.4, -0.2) is 17.1 Å². The number of carbonyl (C=O) groups is 1. The molecule has 114 valence electrons. The predicted octanol–water partition coefficient (Wildman–Crippen LogP) is 2.83. The van der Waals surface area contributed by atoms with Crippen molar-refractivity contribution in [2.45, 2.75) is 11.4 Å². The van der Waals surface area contributed by atoms with Crippen molar-refractivity contribution in [3.05, 3.63) is 63.7 Å². The molecule has 0 aliphatic rings. The summed E-state index contributed by atoms with van der Waals surface area (Å²) in [5.74, 6) is -0.435. The summed E-state index contributed by atoms with van der Waals surface area (Å²) in [7, 11) is 0. The van der Waals surface area contributed by atoms with Crippen LogP contribution in [0.4, 0.5) is 11.4 Å². The monoisotopic (exact) mass is 317 g/mol. The van der Waals surface area contributed by atoms with E-state index in [0.717, 1.165) is 10.5 Å². The van der Waals surface area contributed by atoms with E-state index in [1.807, 2.05) is 30.5 Å². The highest BCUT2D eigenvalue weighted by atomic mass is 32.2. The number of nitrogens with one attached hydrogen (secondary N) is 1. The summed E-state index contributed by atoms with van der Waals surface area (Å²) < 4.78 is 0. The minimum absolute atomic E-state index is 0.106. The fourth-order valence-electron chi connectivity index (χ4n) is 1.88. The van der Waals surface area contributed by atoms with Crippen molar-refractivity contribution in [3.63, 3.8) is 0 Å². The molecule has 0 bridgehead atoms. The van der Waals surface area contributed by atoms with Crippen LogP contribution < -0.4 is 11.1 Å². The van der Waals surface area contributed by atoms with Gasteiger partial charge in [0.2, 0.25) is 0 Å². The highest BCUT2D eigenvalue weighted by molar-refractivity contribution is 7.98. The first kappa shape index (κ1) is 15.8. The maximum atomic E-state index is 12.1. The van der Waals surface area contributed by atoms with Gasteiger partial charge in [0.15, 0.2) is 0 Å². The summed E-state index contributed by atoms with van der Waals surface area (Å²) in [6.07, 6.45) is 1.99. The molecule has 0 heterocycles. The Kier molecular flexibility index (Phi) is 5.00. The predicted molar refractivity (Wildman–Crippen MR) is 86.9 cm³/mol. The third-order valence-corrected chi connectivity index (χ3v) is 3.85. The molecule has 0 aromatic heterocycles. The van der Waals surface area contributed by atoms with Crippen molar-refractivity contribution in [2.24, 2.45) is 0 Å². The lowest BCUT2D eigenvalue weighted by atomic mass is 10.1. The molecule has 2 aromatic carbocycles. The van der Waals surface area contributed by atoms with Crippen LogP contribution in [-0.2, 0) is 6.54 Å². The van der Waals surface area contributed by atoms with Gasteiger partial charge in [-0.05, 0) is 30.0 Å². The summed E-state index contributed by atoms with van der Waals surface area (Å²) in [6.45, 7) is 0.329. The first-order valence-corrected chi connectivity index (χ1v) is 7.69. The van der Waals surface area contributed by atoms with Crippen LogP contribution in [0.5, 0.6) is 0 Å². The molecule has 0 aliphatic heterocycles. The first-order valence-electron chi connectivity index (χ1n) is 6.46. The van der Waals surface area contributed by atoms with Crippen LogP contribution in [0.2, 0.25) is 0 Å². The number of thioether (sulfide) groups is 1. The Balaban J connectivity index is 2.08. The third-order valence-electron chi connectivity index (χ3n) is 3.10. The average Bonchev–Trinajstić information content (AvgIpc) is 2.53. The molecule has 3 N–H and O–H groups in total. The molecule has 0 spiro atoms. The molecule has 2 rings (SSSR count). The fraction of sp³-hybridized carbons (Fsp3) is 0.133. The van der Waals surface area contributed by atoms with Crippen molar-refractivity contribution in [1.82, 2.24) is 5.32 Å². The number of non-ortho nitro benzene ring substituents is 1. The van der Waals surface area contributed by atoms with Gasteiger partial charge < -0.3 is 11.1 Å². The van der Waals surface area contributed by atoms with Gasteiger partial charge in [-0.3, -0.25) is 14.9 Å². The Labute approximate surface area is 131 Å². The molecule has 0 fully saturated rings. The molecule has 0 saturated heterocycles. The summed E-state index contributed by atoms with van der Waals surface area (Å²) >= 11 is 1.64. The Morgan fingerprint density at radius 3 is 2.55 bits per heavy atom. The molecule has 1 amide bonds. The number of nitro groups is 1. The second kappa shape index (κ2) is 6.95. The number of rotatable bonds is 5. The Bertz CT molecular complexity index is 702. The van der Waals surface area contributed by atoms with E-state index in [1.165, 1.54) is 18.2 Å². The van der Waals surface area contributed by atoms with Crippen LogP contribution in [0.15, 0.2) is 47.4 Å². The van der Waals surface area contributed by atoms with E-state index in [4.69, 9.17) is 5.73 Å². The first-order chi connectivity index (χ1) is 10.5. The van der Waals surface area contributed by atoms with Gasteiger partial charge in [-0.15, -0.1) is 11.8 Å².